The van der Waals surface area contributed by atoms with Crippen LogP contribution in [0.3, 0.4) is 0 Å². The molecule has 0 spiro atoms. The van der Waals surface area contributed by atoms with Crippen LogP contribution in [0.25, 0.3) is 0 Å². The second kappa shape index (κ2) is 9.43. The second-order valence-corrected chi connectivity index (χ2v) is 27.0. The quantitative estimate of drug-likeness (QED) is 0.229. The van der Waals surface area contributed by atoms with Gasteiger partial charge in [0.05, 0.1) is 0 Å². The number of rotatable bonds is 11. The molecular weight excluding hydrogens is 527 g/mol. The van der Waals surface area contributed by atoms with E-state index in [1.807, 2.05) is 3.96 Å². The molecule has 0 aromatic carbocycles. The fraction of sp³-hybridized carbons (Fsp3) is 0.684. The predicted octanol–water partition coefficient (Wildman–Crippen LogP) is 5.96. The molecule has 0 saturated heterocycles. The van der Waals surface area contributed by atoms with Crippen molar-refractivity contribution in [1.29, 1.82) is 0 Å². The van der Waals surface area contributed by atoms with Crippen LogP contribution in [-0.2, 0) is 29.3 Å². The van der Waals surface area contributed by atoms with Crippen LogP contribution < -0.4 is 0 Å². The molecule has 0 radical (unpaired) electrons. The molecule has 150 valence electrons. The van der Waals surface area contributed by atoms with E-state index < -0.39 is 32.9 Å². The Morgan fingerprint density at radius 1 is 1.12 bits per heavy atom. The SMILES string of the molecule is C=CC[Si](C)(C)C1=[C]([Pt]([CH3])([CH3])[CH3])CC=C1CCC[Si](OC)(OC)OC. The first kappa shape index (κ1) is 23.3. The Labute approximate surface area is 161 Å². The van der Waals surface area contributed by atoms with Crippen molar-refractivity contribution >= 4 is 16.9 Å². The van der Waals surface area contributed by atoms with E-state index in [1.54, 1.807) is 32.1 Å². The second-order valence-electron chi connectivity index (χ2n) is 7.62. The molecule has 6 heteroatoms. The van der Waals surface area contributed by atoms with Gasteiger partial charge in [-0.25, -0.2) is 0 Å². The van der Waals surface area contributed by atoms with E-state index in [0.717, 1.165) is 24.9 Å². The van der Waals surface area contributed by atoms with E-state index in [9.17, 15) is 0 Å². The summed E-state index contributed by atoms with van der Waals surface area (Å²) in [6.07, 6.45) is 7.97. The van der Waals surface area contributed by atoms with Crippen molar-refractivity contribution in [2.24, 2.45) is 0 Å². The third kappa shape index (κ3) is 5.85. The summed E-state index contributed by atoms with van der Waals surface area (Å²) in [7, 11) is 1.16. The summed E-state index contributed by atoms with van der Waals surface area (Å²) in [6, 6.07) is 2.03. The van der Waals surface area contributed by atoms with Crippen LogP contribution in [-0.4, -0.2) is 38.2 Å². The third-order valence-electron chi connectivity index (χ3n) is 4.86. The first-order chi connectivity index (χ1) is 11.6. The maximum atomic E-state index is 5.58. The summed E-state index contributed by atoms with van der Waals surface area (Å²) in [5.74, 6) is 0. The Kier molecular flexibility index (Phi) is 8.77. The van der Waals surface area contributed by atoms with Crippen molar-refractivity contribution in [3.05, 3.63) is 33.5 Å². The number of hydrogen-bond donors (Lipinski definition) is 0. The van der Waals surface area contributed by atoms with Crippen molar-refractivity contribution in [3.8, 4) is 0 Å². The summed E-state index contributed by atoms with van der Waals surface area (Å²) < 4.78 is 18.5. The van der Waals surface area contributed by atoms with Gasteiger partial charge in [-0.1, -0.05) is 0 Å². The molecule has 0 aromatic heterocycles. The first-order valence-electron chi connectivity index (χ1n) is 8.62. The standard InChI is InChI=1S/C16H29O3Si2.3CH3.Pt/c1-7-13-20(5,6)16-12-8-10-15(16)11-9-14-21(17-2,18-3)19-4;;;;/h7,10H,1,8-9,11,13-14H2,2-6H3;3*1H3;. The van der Waals surface area contributed by atoms with Crippen LogP contribution >= 0.6 is 0 Å². The fourth-order valence-corrected chi connectivity index (χ4v) is 16.0. The molecule has 0 N–H and O–H groups in total. The minimum absolute atomic E-state index is 0.871. The number of hydrogen-bond acceptors (Lipinski definition) is 3. The van der Waals surface area contributed by atoms with Crippen LogP contribution in [0.1, 0.15) is 19.3 Å². The van der Waals surface area contributed by atoms with E-state index in [-0.39, 0.29) is 0 Å². The zero-order chi connectivity index (χ0) is 19.3. The van der Waals surface area contributed by atoms with Gasteiger partial charge in [0, 0.05) is 0 Å². The first-order valence-corrected chi connectivity index (χ1v) is 21.7. The van der Waals surface area contributed by atoms with Crippen molar-refractivity contribution in [1.82, 2.24) is 0 Å². The van der Waals surface area contributed by atoms with Gasteiger partial charge >= 0.3 is 161 Å². The fourth-order valence-electron chi connectivity index (χ4n) is 3.53. The molecule has 0 bridgehead atoms. The van der Waals surface area contributed by atoms with Gasteiger partial charge in [0.25, 0.3) is 0 Å². The summed E-state index contributed by atoms with van der Waals surface area (Å²) in [5.41, 5.74) is 1.60. The van der Waals surface area contributed by atoms with E-state index >= 15 is 0 Å². The van der Waals surface area contributed by atoms with Crippen molar-refractivity contribution in [2.75, 3.05) is 21.3 Å². The Morgan fingerprint density at radius 2 is 1.68 bits per heavy atom. The van der Waals surface area contributed by atoms with Crippen LogP contribution in [0.4, 0.5) is 0 Å². The molecule has 0 atom stereocenters. The van der Waals surface area contributed by atoms with Gasteiger partial charge in [0.1, 0.15) is 0 Å². The zero-order valence-electron chi connectivity index (χ0n) is 17.4. The normalized spacial score (nSPS) is 17.0. The Balaban J connectivity index is 2.99. The van der Waals surface area contributed by atoms with E-state index in [2.05, 4.69) is 47.8 Å². The molecule has 0 heterocycles. The Hall–Kier alpha value is 0.222. The van der Waals surface area contributed by atoms with Crippen molar-refractivity contribution in [2.45, 2.75) is 60.4 Å². The van der Waals surface area contributed by atoms with E-state index in [0.29, 0.717) is 0 Å². The predicted molar refractivity (Wildman–Crippen MR) is 111 cm³/mol. The number of allylic oxidation sites excluding steroid dienone is 5. The zero-order valence-corrected chi connectivity index (χ0v) is 21.7. The molecule has 1 aliphatic rings. The molecule has 0 aliphatic heterocycles. The summed E-state index contributed by atoms with van der Waals surface area (Å²) in [4.78, 5) is 0. The summed E-state index contributed by atoms with van der Waals surface area (Å²) >= 11 is -1.76. The average Bonchev–Trinajstić information content (AvgIpc) is 2.97. The topological polar surface area (TPSA) is 27.7 Å². The maximum absolute atomic E-state index is 5.58. The van der Waals surface area contributed by atoms with Gasteiger partial charge in [-0.15, -0.1) is 0 Å². The third-order valence-corrected chi connectivity index (χ3v) is 16.6. The van der Waals surface area contributed by atoms with Crippen molar-refractivity contribution < 1.29 is 29.3 Å². The molecule has 1 rings (SSSR count). The molecule has 0 amide bonds. The molecule has 0 fully saturated rings. The van der Waals surface area contributed by atoms with Crippen LogP contribution in [0.15, 0.2) is 33.5 Å². The van der Waals surface area contributed by atoms with Gasteiger partial charge < -0.3 is 0 Å². The molecular formula is C19H38O3PtSi2. The molecule has 3 nitrogen and oxygen atoms in total. The van der Waals surface area contributed by atoms with Crippen LogP contribution in [0, 0.1) is 0 Å². The van der Waals surface area contributed by atoms with Gasteiger partial charge in [0.15, 0.2) is 0 Å². The summed E-state index contributed by atoms with van der Waals surface area (Å²) in [5, 5.41) is 9.33. The molecule has 1 aliphatic carbocycles. The van der Waals surface area contributed by atoms with Gasteiger partial charge in [-0.2, -0.15) is 0 Å². The Bertz CT molecular complexity index is 521. The van der Waals surface area contributed by atoms with Crippen LogP contribution in [0.2, 0.25) is 41.1 Å². The van der Waals surface area contributed by atoms with Crippen LogP contribution in [0.5, 0.6) is 0 Å². The Morgan fingerprint density at radius 3 is 2.12 bits per heavy atom. The monoisotopic (exact) mass is 565 g/mol. The molecule has 0 saturated carbocycles. The van der Waals surface area contributed by atoms with Gasteiger partial charge in [-0.05, 0) is 0 Å². The minimum atomic E-state index is -2.46. The van der Waals surface area contributed by atoms with E-state index in [4.69, 9.17) is 13.3 Å². The van der Waals surface area contributed by atoms with Gasteiger partial charge in [0.2, 0.25) is 0 Å². The molecule has 0 unspecified atom stereocenters. The van der Waals surface area contributed by atoms with Crippen molar-refractivity contribution in [3.63, 3.8) is 0 Å². The summed E-state index contributed by atoms with van der Waals surface area (Å²) in [6.45, 7) is 9.04. The molecule has 0 aromatic rings. The van der Waals surface area contributed by atoms with Gasteiger partial charge in [-0.3, -0.25) is 0 Å². The molecule has 25 heavy (non-hydrogen) atoms. The average molecular weight is 566 g/mol. The van der Waals surface area contributed by atoms with E-state index in [1.165, 1.54) is 6.42 Å².